The molecule has 50 valence electrons. The topological polar surface area (TPSA) is 0 Å². The van der Waals surface area contributed by atoms with Crippen molar-refractivity contribution >= 4 is 14.3 Å². The third-order valence-corrected chi connectivity index (χ3v) is 10.9. The van der Waals surface area contributed by atoms with E-state index in [1.165, 1.54) is 0 Å². The van der Waals surface area contributed by atoms with Gasteiger partial charge in [-0.25, -0.2) is 0 Å². The Morgan fingerprint density at radius 2 is 1.12 bits per heavy atom. The van der Waals surface area contributed by atoms with Crippen LogP contribution >= 0.6 is 0 Å². The van der Waals surface area contributed by atoms with E-state index in [1.807, 2.05) is 0 Å². The maximum absolute atomic E-state index is 2.50. The molecule has 0 aliphatic carbocycles. The molecular weight excluding hydrogens is 157 g/mol. The first-order valence-electron chi connectivity index (χ1n) is 3.55. The molecule has 0 nitrogen and oxygen atoms in total. The molecule has 0 aromatic heterocycles. The number of rotatable bonds is 2. The van der Waals surface area contributed by atoms with E-state index >= 15 is 0 Å². The van der Waals surface area contributed by atoms with E-state index in [0.717, 1.165) is 9.50 Å². The summed E-state index contributed by atoms with van der Waals surface area (Å²) in [6.45, 7) is 9.46. The van der Waals surface area contributed by atoms with Gasteiger partial charge in [-0.1, -0.05) is 0 Å². The average Bonchev–Trinajstić information content (AvgIpc) is 1.64. The molecule has 0 aromatic carbocycles. The molecule has 8 heavy (non-hydrogen) atoms. The molecule has 0 rings (SSSR count). The predicted octanol–water partition coefficient (Wildman–Crippen LogP) is 2.66. The van der Waals surface area contributed by atoms with Crippen LogP contribution in [0.15, 0.2) is 0 Å². The van der Waals surface area contributed by atoms with Crippen molar-refractivity contribution in [3.63, 3.8) is 0 Å². The van der Waals surface area contributed by atoms with Gasteiger partial charge in [0.15, 0.2) is 0 Å². The van der Waals surface area contributed by atoms with Crippen LogP contribution in [0.2, 0.25) is 15.3 Å². The summed E-state index contributed by atoms with van der Waals surface area (Å²) in [4.78, 5) is 0. The van der Waals surface area contributed by atoms with Gasteiger partial charge in [-0.15, -0.1) is 0 Å². The zero-order chi connectivity index (χ0) is 6.73. The standard InChI is InChI=1S/C7H18Ge/c1-6(2)8(5)7(3)4/h6-8H,1-5H3. The minimum atomic E-state index is -0.775. The Morgan fingerprint density at radius 3 is 1.12 bits per heavy atom. The van der Waals surface area contributed by atoms with Gasteiger partial charge in [0.05, 0.1) is 0 Å². The van der Waals surface area contributed by atoms with Crippen LogP contribution in [-0.4, -0.2) is 14.3 Å². The van der Waals surface area contributed by atoms with Crippen molar-refractivity contribution in [2.75, 3.05) is 0 Å². The Hall–Kier alpha value is 0.543. The van der Waals surface area contributed by atoms with Gasteiger partial charge in [-0.05, 0) is 0 Å². The first-order chi connectivity index (χ1) is 3.55. The normalized spacial score (nSPS) is 12.0. The van der Waals surface area contributed by atoms with E-state index in [1.54, 1.807) is 0 Å². The Labute approximate surface area is 57.8 Å². The molecule has 0 N–H and O–H groups in total. The van der Waals surface area contributed by atoms with Crippen LogP contribution in [0.25, 0.3) is 0 Å². The van der Waals surface area contributed by atoms with Gasteiger partial charge in [-0.2, -0.15) is 0 Å². The summed E-state index contributed by atoms with van der Waals surface area (Å²) in [7, 11) is 0. The monoisotopic (exact) mass is 176 g/mol. The summed E-state index contributed by atoms with van der Waals surface area (Å²) in [5.74, 6) is 2.50. The molecule has 0 bridgehead atoms. The third kappa shape index (κ3) is 2.75. The molecule has 0 radical (unpaired) electrons. The van der Waals surface area contributed by atoms with Gasteiger partial charge in [0.25, 0.3) is 0 Å². The number of hydrogen-bond acceptors (Lipinski definition) is 0. The molecular formula is C7H18Ge. The summed E-state index contributed by atoms with van der Waals surface area (Å²) in [6.07, 6.45) is 0. The molecule has 0 heterocycles. The molecule has 0 aliphatic heterocycles. The van der Waals surface area contributed by atoms with Crippen LogP contribution in [0, 0.1) is 0 Å². The SMILES string of the molecule is C[CH](C)[GeH]([CH3])[CH](C)C. The van der Waals surface area contributed by atoms with Gasteiger partial charge >= 0.3 is 57.3 Å². The summed E-state index contributed by atoms with van der Waals surface area (Å²) in [5, 5.41) is 0. The molecule has 0 amide bonds. The molecule has 0 saturated carbocycles. The van der Waals surface area contributed by atoms with Crippen LogP contribution in [0.3, 0.4) is 0 Å². The third-order valence-electron chi connectivity index (χ3n) is 2.10. The van der Waals surface area contributed by atoms with Crippen molar-refractivity contribution in [1.29, 1.82) is 0 Å². The Morgan fingerprint density at radius 1 is 0.875 bits per heavy atom. The summed E-state index contributed by atoms with van der Waals surface area (Å²) in [6, 6.07) is 0. The Bertz CT molecular complexity index is 49.4. The van der Waals surface area contributed by atoms with E-state index in [-0.39, 0.29) is 0 Å². The van der Waals surface area contributed by atoms with Gasteiger partial charge < -0.3 is 0 Å². The van der Waals surface area contributed by atoms with Crippen molar-refractivity contribution in [3.8, 4) is 0 Å². The fourth-order valence-corrected chi connectivity index (χ4v) is 4.00. The number of hydrogen-bond donors (Lipinski definition) is 0. The van der Waals surface area contributed by atoms with Crippen molar-refractivity contribution in [2.24, 2.45) is 0 Å². The first-order valence-corrected chi connectivity index (χ1v) is 8.77. The van der Waals surface area contributed by atoms with Crippen LogP contribution < -0.4 is 0 Å². The zero-order valence-corrected chi connectivity index (χ0v) is 9.15. The predicted molar refractivity (Wildman–Crippen MR) is 43.2 cm³/mol. The molecule has 0 unspecified atom stereocenters. The molecule has 1 heteroatoms. The Kier molecular flexibility index (Phi) is 3.79. The van der Waals surface area contributed by atoms with E-state index in [9.17, 15) is 0 Å². The van der Waals surface area contributed by atoms with Crippen LogP contribution in [0.1, 0.15) is 27.7 Å². The van der Waals surface area contributed by atoms with Crippen molar-refractivity contribution in [2.45, 2.75) is 43.0 Å². The Balaban J connectivity index is 3.46. The van der Waals surface area contributed by atoms with Crippen molar-refractivity contribution in [1.82, 2.24) is 0 Å². The van der Waals surface area contributed by atoms with Crippen molar-refractivity contribution < 1.29 is 0 Å². The van der Waals surface area contributed by atoms with Gasteiger partial charge in [-0.3, -0.25) is 0 Å². The van der Waals surface area contributed by atoms with E-state index in [4.69, 9.17) is 0 Å². The summed E-state index contributed by atoms with van der Waals surface area (Å²) in [5.41, 5.74) is 0. The quantitative estimate of drug-likeness (QED) is 0.565. The molecule has 0 aromatic rings. The second-order valence-electron chi connectivity index (χ2n) is 3.35. The zero-order valence-electron chi connectivity index (χ0n) is 6.73. The van der Waals surface area contributed by atoms with Crippen LogP contribution in [0.5, 0.6) is 0 Å². The average molecular weight is 175 g/mol. The molecule has 0 fully saturated rings. The second-order valence-corrected chi connectivity index (χ2v) is 12.5. The summed E-state index contributed by atoms with van der Waals surface area (Å²) < 4.78 is 2.06. The molecule has 0 atom stereocenters. The minimum absolute atomic E-state index is 0.775. The van der Waals surface area contributed by atoms with Gasteiger partial charge in [0.1, 0.15) is 0 Å². The van der Waals surface area contributed by atoms with Gasteiger partial charge in [0, 0.05) is 0 Å². The van der Waals surface area contributed by atoms with E-state index < -0.39 is 14.3 Å². The maximum atomic E-state index is 2.50. The second kappa shape index (κ2) is 3.55. The van der Waals surface area contributed by atoms with Gasteiger partial charge in [0.2, 0.25) is 0 Å². The molecule has 0 aliphatic rings. The van der Waals surface area contributed by atoms with Crippen LogP contribution in [-0.2, 0) is 0 Å². The summed E-state index contributed by atoms with van der Waals surface area (Å²) >= 11 is -0.775. The first kappa shape index (κ1) is 8.54. The van der Waals surface area contributed by atoms with E-state index in [2.05, 4.69) is 33.5 Å². The van der Waals surface area contributed by atoms with E-state index in [0.29, 0.717) is 0 Å². The van der Waals surface area contributed by atoms with Crippen molar-refractivity contribution in [3.05, 3.63) is 0 Å². The molecule has 0 saturated heterocycles. The van der Waals surface area contributed by atoms with Crippen LogP contribution in [0.4, 0.5) is 0 Å². The molecule has 0 spiro atoms. The fourth-order valence-electron chi connectivity index (χ4n) is 0.770. The fraction of sp³-hybridized carbons (Fsp3) is 1.00.